The lowest BCUT2D eigenvalue weighted by atomic mass is 9.92. The number of alkyl halides is 1. The molecule has 1 heterocycles. The Bertz CT molecular complexity index is 410. The van der Waals surface area contributed by atoms with Gasteiger partial charge >= 0.3 is 0 Å². The first-order chi connectivity index (χ1) is 8.63. The Balaban J connectivity index is 2.02. The topological polar surface area (TPSA) is 38.3 Å². The fraction of sp³-hybridized carbons (Fsp3) is 0.500. The molecule has 1 amide bonds. The van der Waals surface area contributed by atoms with Gasteiger partial charge in [0.15, 0.2) is 0 Å². The third kappa shape index (κ3) is 3.33. The Labute approximate surface area is 116 Å². The summed E-state index contributed by atoms with van der Waals surface area (Å²) in [7, 11) is 0. The van der Waals surface area contributed by atoms with Crippen molar-refractivity contribution in [3.63, 3.8) is 0 Å². The van der Waals surface area contributed by atoms with Gasteiger partial charge in [0.05, 0.1) is 0 Å². The zero-order valence-corrected chi connectivity index (χ0v) is 12.1. The molecule has 98 valence electrons. The molecule has 1 N–H and O–H groups in total. The van der Waals surface area contributed by atoms with E-state index in [1.807, 2.05) is 24.3 Å². The lowest BCUT2D eigenvalue weighted by molar-refractivity contribution is 0.0423. The summed E-state index contributed by atoms with van der Waals surface area (Å²) in [6.45, 7) is 3.53. The first-order valence-corrected chi connectivity index (χ1v) is 7.30. The number of hydrogen-bond acceptors (Lipinski definition) is 2. The number of hydrogen-bond donors (Lipinski definition) is 1. The number of ether oxygens (including phenoxy) is 1. The molecule has 1 aliphatic rings. The molecule has 18 heavy (non-hydrogen) atoms. The third-order valence-corrected chi connectivity index (χ3v) is 4.03. The van der Waals surface area contributed by atoms with Gasteiger partial charge in [-0.25, -0.2) is 0 Å². The average Bonchev–Trinajstić information content (AvgIpc) is 2.39. The van der Waals surface area contributed by atoms with Crippen molar-refractivity contribution in [3.8, 4) is 0 Å². The SMILES string of the molecule is CC1(NC(=O)c2ccc(CBr)cc2)CCOCC1. The Hall–Kier alpha value is -0.870. The van der Waals surface area contributed by atoms with Gasteiger partial charge in [-0.2, -0.15) is 0 Å². The number of benzene rings is 1. The van der Waals surface area contributed by atoms with E-state index < -0.39 is 0 Å². The minimum atomic E-state index is -0.135. The second-order valence-electron chi connectivity index (χ2n) is 4.96. The number of carbonyl (C=O) groups is 1. The monoisotopic (exact) mass is 311 g/mol. The first kappa shape index (κ1) is 13.6. The second kappa shape index (κ2) is 5.85. The summed E-state index contributed by atoms with van der Waals surface area (Å²) in [6, 6.07) is 7.68. The van der Waals surface area contributed by atoms with Crippen LogP contribution in [0.4, 0.5) is 0 Å². The van der Waals surface area contributed by atoms with Gasteiger partial charge in [-0.05, 0) is 37.5 Å². The van der Waals surface area contributed by atoms with Crippen LogP contribution in [-0.4, -0.2) is 24.7 Å². The zero-order valence-electron chi connectivity index (χ0n) is 10.5. The van der Waals surface area contributed by atoms with Crippen molar-refractivity contribution in [3.05, 3.63) is 35.4 Å². The maximum atomic E-state index is 12.2. The molecule has 1 aromatic carbocycles. The van der Waals surface area contributed by atoms with Crippen molar-refractivity contribution in [1.29, 1.82) is 0 Å². The van der Waals surface area contributed by atoms with E-state index in [0.717, 1.165) is 31.4 Å². The fourth-order valence-electron chi connectivity index (χ4n) is 2.04. The molecule has 4 heteroatoms. The zero-order chi connectivity index (χ0) is 13.0. The van der Waals surface area contributed by atoms with E-state index >= 15 is 0 Å². The van der Waals surface area contributed by atoms with Crippen LogP contribution >= 0.6 is 15.9 Å². The normalized spacial score (nSPS) is 18.3. The fourth-order valence-corrected chi connectivity index (χ4v) is 2.41. The number of carbonyl (C=O) groups excluding carboxylic acids is 1. The molecule has 0 saturated carbocycles. The minimum absolute atomic E-state index is 0.000484. The lowest BCUT2D eigenvalue weighted by Gasteiger charge is -2.34. The first-order valence-electron chi connectivity index (χ1n) is 6.18. The molecule has 0 bridgehead atoms. The molecule has 0 atom stereocenters. The van der Waals surface area contributed by atoms with E-state index in [4.69, 9.17) is 4.74 Å². The van der Waals surface area contributed by atoms with Crippen LogP contribution in [0.2, 0.25) is 0 Å². The van der Waals surface area contributed by atoms with Crippen molar-refractivity contribution >= 4 is 21.8 Å². The van der Waals surface area contributed by atoms with Crippen molar-refractivity contribution in [1.82, 2.24) is 5.32 Å². The Morgan fingerprint density at radius 1 is 1.33 bits per heavy atom. The van der Waals surface area contributed by atoms with Crippen LogP contribution < -0.4 is 5.32 Å². The van der Waals surface area contributed by atoms with E-state index in [2.05, 4.69) is 28.2 Å². The van der Waals surface area contributed by atoms with Crippen LogP contribution in [-0.2, 0) is 10.1 Å². The third-order valence-electron chi connectivity index (χ3n) is 3.38. The van der Waals surface area contributed by atoms with E-state index in [1.165, 1.54) is 5.56 Å². The summed E-state index contributed by atoms with van der Waals surface area (Å²) in [6.07, 6.45) is 1.75. The quantitative estimate of drug-likeness (QED) is 0.872. The van der Waals surface area contributed by atoms with Crippen LogP contribution in [0.1, 0.15) is 35.7 Å². The lowest BCUT2D eigenvalue weighted by Crippen LogP contribution is -2.49. The standard InChI is InChI=1S/C14H18BrNO2/c1-14(6-8-18-9-7-14)16-13(17)12-4-2-11(10-15)3-5-12/h2-5H,6-10H2,1H3,(H,16,17). The van der Waals surface area contributed by atoms with Crippen molar-refractivity contribution in [2.75, 3.05) is 13.2 Å². The van der Waals surface area contributed by atoms with Crippen LogP contribution in [0.25, 0.3) is 0 Å². The minimum Gasteiger partial charge on any atom is -0.381 e. The summed E-state index contributed by atoms with van der Waals surface area (Å²) in [5.41, 5.74) is 1.75. The van der Waals surface area contributed by atoms with Gasteiger partial charge in [-0.3, -0.25) is 4.79 Å². The molecule has 1 fully saturated rings. The van der Waals surface area contributed by atoms with Crippen molar-refractivity contribution in [2.45, 2.75) is 30.6 Å². The van der Waals surface area contributed by atoms with Gasteiger partial charge in [0.1, 0.15) is 0 Å². The summed E-state index contributed by atoms with van der Waals surface area (Å²) in [4.78, 5) is 12.2. The smallest absolute Gasteiger partial charge is 0.251 e. The largest absolute Gasteiger partial charge is 0.381 e. The molecule has 0 unspecified atom stereocenters. The molecule has 0 aromatic heterocycles. The van der Waals surface area contributed by atoms with E-state index in [-0.39, 0.29) is 11.4 Å². The van der Waals surface area contributed by atoms with Gasteiger partial charge < -0.3 is 10.1 Å². The van der Waals surface area contributed by atoms with E-state index in [9.17, 15) is 4.79 Å². The van der Waals surface area contributed by atoms with Crippen molar-refractivity contribution in [2.24, 2.45) is 0 Å². The van der Waals surface area contributed by atoms with Crippen LogP contribution in [0.15, 0.2) is 24.3 Å². The molecule has 1 aliphatic heterocycles. The number of rotatable bonds is 3. The Morgan fingerprint density at radius 3 is 2.50 bits per heavy atom. The van der Waals surface area contributed by atoms with Gasteiger partial charge in [0.25, 0.3) is 5.91 Å². The highest BCUT2D eigenvalue weighted by Crippen LogP contribution is 2.20. The summed E-state index contributed by atoms with van der Waals surface area (Å²) < 4.78 is 5.33. The van der Waals surface area contributed by atoms with Crippen LogP contribution in [0.3, 0.4) is 0 Å². The van der Waals surface area contributed by atoms with Crippen LogP contribution in [0, 0.1) is 0 Å². The highest BCUT2D eigenvalue weighted by atomic mass is 79.9. The Morgan fingerprint density at radius 2 is 1.94 bits per heavy atom. The van der Waals surface area contributed by atoms with Crippen molar-refractivity contribution < 1.29 is 9.53 Å². The van der Waals surface area contributed by atoms with Gasteiger partial charge in [0, 0.05) is 29.6 Å². The molecule has 0 radical (unpaired) electrons. The average molecular weight is 312 g/mol. The molecule has 1 aromatic rings. The van der Waals surface area contributed by atoms with E-state index in [0.29, 0.717) is 5.56 Å². The number of halogens is 1. The van der Waals surface area contributed by atoms with E-state index in [1.54, 1.807) is 0 Å². The molecular formula is C14H18BrNO2. The van der Waals surface area contributed by atoms with Gasteiger partial charge in [-0.15, -0.1) is 0 Å². The van der Waals surface area contributed by atoms with Gasteiger partial charge in [-0.1, -0.05) is 28.1 Å². The highest BCUT2D eigenvalue weighted by Gasteiger charge is 2.29. The molecule has 0 aliphatic carbocycles. The Kier molecular flexibility index (Phi) is 4.40. The molecule has 0 spiro atoms. The molecule has 3 nitrogen and oxygen atoms in total. The number of nitrogens with one attached hydrogen (secondary N) is 1. The highest BCUT2D eigenvalue weighted by molar-refractivity contribution is 9.08. The maximum absolute atomic E-state index is 12.2. The summed E-state index contributed by atoms with van der Waals surface area (Å²) in [5, 5.41) is 3.93. The van der Waals surface area contributed by atoms with Gasteiger partial charge in [0.2, 0.25) is 0 Å². The molecular weight excluding hydrogens is 294 g/mol. The van der Waals surface area contributed by atoms with Crippen LogP contribution in [0.5, 0.6) is 0 Å². The predicted molar refractivity (Wildman–Crippen MR) is 75.0 cm³/mol. The summed E-state index contributed by atoms with van der Waals surface area (Å²) in [5.74, 6) is 0.000484. The molecule has 1 saturated heterocycles. The maximum Gasteiger partial charge on any atom is 0.251 e. The predicted octanol–water partition coefficient (Wildman–Crippen LogP) is 2.88. The number of amides is 1. The second-order valence-corrected chi connectivity index (χ2v) is 5.52. The molecule has 2 rings (SSSR count). The summed E-state index contributed by atoms with van der Waals surface area (Å²) >= 11 is 3.39.